The third-order valence-corrected chi connectivity index (χ3v) is 3.75. The summed E-state index contributed by atoms with van der Waals surface area (Å²) in [5.74, 6) is 0. The molecule has 2 rings (SSSR count). The molecule has 0 spiro atoms. The van der Waals surface area contributed by atoms with Crippen molar-refractivity contribution in [2.75, 3.05) is 13.2 Å². The number of nitrogens with zero attached hydrogens (tertiary/aromatic N) is 2. The van der Waals surface area contributed by atoms with Gasteiger partial charge in [-0.05, 0) is 18.1 Å². The van der Waals surface area contributed by atoms with E-state index in [2.05, 4.69) is 5.29 Å². The molecule has 0 aliphatic carbocycles. The smallest absolute Gasteiger partial charge is 0.101 e. The average molecular weight is 314 g/mol. The Bertz CT molecular complexity index is 577. The zero-order valence-electron chi connectivity index (χ0n) is 13.2. The fourth-order valence-corrected chi connectivity index (χ4v) is 2.33. The zero-order chi connectivity index (χ0) is 16.5. The van der Waals surface area contributed by atoms with E-state index in [0.29, 0.717) is 19.8 Å². The fraction of sp³-hybridized carbons (Fsp3) is 0.333. The maximum Gasteiger partial charge on any atom is 0.101 e. The summed E-state index contributed by atoms with van der Waals surface area (Å²) in [6.07, 6.45) is -0.775. The third-order valence-electron chi connectivity index (χ3n) is 3.75. The van der Waals surface area contributed by atoms with Crippen LogP contribution in [0.5, 0.6) is 0 Å². The predicted octanol–water partition coefficient (Wildman–Crippen LogP) is 3.31. The first-order chi connectivity index (χ1) is 11.2. The maximum atomic E-state index is 11.1. The van der Waals surface area contributed by atoms with Crippen LogP contribution >= 0.6 is 0 Å². The van der Waals surface area contributed by atoms with Gasteiger partial charge in [0.05, 0.1) is 31.1 Å². The lowest BCUT2D eigenvalue weighted by Gasteiger charge is -2.27. The van der Waals surface area contributed by atoms with Gasteiger partial charge in [-0.2, -0.15) is 0 Å². The number of hydrogen-bond donors (Lipinski definition) is 1. The van der Waals surface area contributed by atoms with Crippen LogP contribution in [-0.2, 0) is 11.3 Å². The lowest BCUT2D eigenvalue weighted by atomic mass is 10.0. The van der Waals surface area contributed by atoms with Crippen LogP contribution in [0.25, 0.3) is 0 Å². The van der Waals surface area contributed by atoms with Gasteiger partial charge in [0, 0.05) is 0 Å². The topological polar surface area (TPSA) is 62.1 Å². The zero-order valence-corrected chi connectivity index (χ0v) is 13.2. The molecule has 122 valence electrons. The number of ether oxygens (including phenoxy) is 1. The Morgan fingerprint density at radius 2 is 1.70 bits per heavy atom. The molecule has 0 aliphatic rings. The second-order valence-electron chi connectivity index (χ2n) is 5.38. The predicted molar refractivity (Wildman–Crippen MR) is 89.5 cm³/mol. The molecule has 0 fully saturated rings. The average Bonchev–Trinajstić information content (AvgIpc) is 2.62. The Balaban J connectivity index is 1.81. The third kappa shape index (κ3) is 5.16. The highest BCUT2D eigenvalue weighted by Gasteiger charge is 2.22. The molecule has 2 aromatic rings. The van der Waals surface area contributed by atoms with Gasteiger partial charge in [-0.25, -0.2) is 0 Å². The number of aliphatic hydroxyl groups is 1. The van der Waals surface area contributed by atoms with Crippen LogP contribution in [0.2, 0.25) is 0 Å². The second-order valence-corrected chi connectivity index (χ2v) is 5.38. The van der Waals surface area contributed by atoms with Gasteiger partial charge in [-0.15, -0.1) is 4.91 Å². The van der Waals surface area contributed by atoms with Gasteiger partial charge in [0.15, 0.2) is 0 Å². The molecule has 0 aliphatic heterocycles. The molecule has 0 amide bonds. The minimum Gasteiger partial charge on any atom is -0.386 e. The molecule has 2 aromatic carbocycles. The summed E-state index contributed by atoms with van der Waals surface area (Å²) in [6.45, 7) is 2.97. The van der Waals surface area contributed by atoms with Crippen LogP contribution in [0.1, 0.15) is 24.2 Å². The van der Waals surface area contributed by atoms with E-state index in [4.69, 9.17) is 4.74 Å². The van der Waals surface area contributed by atoms with E-state index in [-0.39, 0.29) is 0 Å². The van der Waals surface area contributed by atoms with Gasteiger partial charge in [0.2, 0.25) is 0 Å². The van der Waals surface area contributed by atoms with E-state index in [1.54, 1.807) is 6.92 Å². The van der Waals surface area contributed by atoms with Crippen molar-refractivity contribution < 1.29 is 9.84 Å². The monoisotopic (exact) mass is 314 g/mol. The van der Waals surface area contributed by atoms with Crippen molar-refractivity contribution in [1.29, 1.82) is 0 Å². The second kappa shape index (κ2) is 9.02. The molecular weight excluding hydrogens is 292 g/mol. The normalized spacial score (nSPS) is 13.3. The molecule has 1 N–H and O–H groups in total. The molecule has 2 atom stereocenters. The minimum absolute atomic E-state index is 0.335. The Hall–Kier alpha value is -2.24. The standard InChI is InChI=1S/C18H22N2O3/c1-15(18(21)17-10-6-3-7-11-17)20(19-22)12-13-23-14-16-8-4-2-5-9-16/h2-11,15,18,21H,12-14H2,1H3/t15-,18-/m0/s1. The van der Waals surface area contributed by atoms with Crippen molar-refractivity contribution in [3.63, 3.8) is 0 Å². The summed E-state index contributed by atoms with van der Waals surface area (Å²) in [4.78, 5) is 11.1. The molecule has 0 radical (unpaired) electrons. The summed E-state index contributed by atoms with van der Waals surface area (Å²) in [5.41, 5.74) is 1.84. The highest BCUT2D eigenvalue weighted by molar-refractivity contribution is 5.18. The first-order valence-electron chi connectivity index (χ1n) is 7.67. The minimum atomic E-state index is -0.775. The van der Waals surface area contributed by atoms with Crippen LogP contribution in [0.3, 0.4) is 0 Å². The molecule has 5 heteroatoms. The number of hydrogen-bond acceptors (Lipinski definition) is 4. The van der Waals surface area contributed by atoms with Gasteiger partial charge >= 0.3 is 0 Å². The number of nitroso groups, excluding NO2 is 1. The molecule has 5 nitrogen and oxygen atoms in total. The highest BCUT2D eigenvalue weighted by Crippen LogP contribution is 2.20. The van der Waals surface area contributed by atoms with Crippen molar-refractivity contribution in [3.05, 3.63) is 76.7 Å². The van der Waals surface area contributed by atoms with Crippen LogP contribution in [0, 0.1) is 4.91 Å². The van der Waals surface area contributed by atoms with E-state index in [1.165, 1.54) is 5.01 Å². The highest BCUT2D eigenvalue weighted by atomic mass is 16.5. The number of aliphatic hydroxyl groups excluding tert-OH is 1. The Labute approximate surface area is 136 Å². The summed E-state index contributed by atoms with van der Waals surface area (Å²) < 4.78 is 5.57. The largest absolute Gasteiger partial charge is 0.386 e. The Kier molecular flexibility index (Phi) is 6.72. The summed E-state index contributed by atoms with van der Waals surface area (Å²) in [5, 5.41) is 14.7. The van der Waals surface area contributed by atoms with Gasteiger partial charge in [-0.3, -0.25) is 5.01 Å². The first kappa shape index (κ1) is 17.1. The van der Waals surface area contributed by atoms with E-state index < -0.39 is 12.1 Å². The van der Waals surface area contributed by atoms with E-state index >= 15 is 0 Å². The molecule has 0 bridgehead atoms. The molecule has 0 unspecified atom stereocenters. The first-order valence-corrected chi connectivity index (χ1v) is 7.67. The lowest BCUT2D eigenvalue weighted by Crippen LogP contribution is -2.35. The molecule has 0 saturated carbocycles. The Morgan fingerprint density at radius 1 is 1.09 bits per heavy atom. The molecule has 0 saturated heterocycles. The van der Waals surface area contributed by atoms with Crippen molar-refractivity contribution >= 4 is 0 Å². The Morgan fingerprint density at radius 3 is 2.30 bits per heavy atom. The van der Waals surface area contributed by atoms with Crippen LogP contribution in [-0.4, -0.2) is 29.3 Å². The fourth-order valence-electron chi connectivity index (χ4n) is 2.33. The van der Waals surface area contributed by atoms with Crippen molar-refractivity contribution in [2.45, 2.75) is 25.7 Å². The molecular formula is C18H22N2O3. The lowest BCUT2D eigenvalue weighted by molar-refractivity contribution is 0.0301. The van der Waals surface area contributed by atoms with Gasteiger partial charge < -0.3 is 9.84 Å². The van der Waals surface area contributed by atoms with Crippen LogP contribution in [0.15, 0.2) is 65.9 Å². The van der Waals surface area contributed by atoms with Crippen LogP contribution < -0.4 is 0 Å². The summed E-state index contributed by atoms with van der Waals surface area (Å²) >= 11 is 0. The number of benzene rings is 2. The van der Waals surface area contributed by atoms with Crippen LogP contribution in [0.4, 0.5) is 0 Å². The van der Waals surface area contributed by atoms with Gasteiger partial charge in [0.1, 0.15) is 6.10 Å². The SMILES string of the molecule is C[C@@H]([C@H](O)c1ccccc1)N(CCOCc1ccccc1)N=O. The molecule has 23 heavy (non-hydrogen) atoms. The summed E-state index contributed by atoms with van der Waals surface area (Å²) in [7, 11) is 0. The van der Waals surface area contributed by atoms with Gasteiger partial charge in [0.25, 0.3) is 0 Å². The quantitative estimate of drug-likeness (QED) is 0.438. The maximum absolute atomic E-state index is 11.1. The molecule has 0 heterocycles. The van der Waals surface area contributed by atoms with Gasteiger partial charge in [-0.1, -0.05) is 60.7 Å². The summed E-state index contributed by atoms with van der Waals surface area (Å²) in [6, 6.07) is 18.7. The van der Waals surface area contributed by atoms with E-state index in [0.717, 1.165) is 11.1 Å². The van der Waals surface area contributed by atoms with Crippen molar-refractivity contribution in [1.82, 2.24) is 5.01 Å². The van der Waals surface area contributed by atoms with Crippen molar-refractivity contribution in [3.8, 4) is 0 Å². The van der Waals surface area contributed by atoms with E-state index in [9.17, 15) is 10.0 Å². The van der Waals surface area contributed by atoms with Crippen molar-refractivity contribution in [2.24, 2.45) is 5.29 Å². The number of rotatable bonds is 9. The molecule has 0 aromatic heterocycles. The van der Waals surface area contributed by atoms with E-state index in [1.807, 2.05) is 60.7 Å².